The van der Waals surface area contributed by atoms with Crippen LogP contribution < -0.4 is 21.7 Å². The number of aliphatic hydroxyl groups excluding tert-OH is 1. The van der Waals surface area contributed by atoms with Crippen LogP contribution in [-0.4, -0.2) is 70.2 Å². The Morgan fingerprint density at radius 1 is 1.06 bits per heavy atom. The molecule has 0 fully saturated rings. The van der Waals surface area contributed by atoms with Gasteiger partial charge >= 0.3 is 5.97 Å². The molecule has 11 nitrogen and oxygen atoms in total. The summed E-state index contributed by atoms with van der Waals surface area (Å²) in [6, 6.07) is 4.20. The maximum atomic E-state index is 12.9. The molecule has 180 valence electrons. The quantitative estimate of drug-likeness (QED) is 0.216. The largest absolute Gasteiger partial charge is 0.480 e. The van der Waals surface area contributed by atoms with Crippen LogP contribution in [0.15, 0.2) is 30.5 Å². The van der Waals surface area contributed by atoms with Crippen molar-refractivity contribution in [3.8, 4) is 0 Å². The first-order valence-electron chi connectivity index (χ1n) is 10.6. The van der Waals surface area contributed by atoms with Crippen molar-refractivity contribution in [2.45, 2.75) is 44.8 Å². The second-order valence-corrected chi connectivity index (χ2v) is 8.22. The second-order valence-electron chi connectivity index (χ2n) is 8.22. The van der Waals surface area contributed by atoms with E-state index in [2.05, 4.69) is 20.9 Å². The molecule has 1 aromatic heterocycles. The molecule has 0 bridgehead atoms. The highest BCUT2D eigenvalue weighted by Gasteiger charge is 2.26. The SMILES string of the molecule is CC(C)CC(N)C(=O)NC(Cc1c[nH]c2ccccc12)C(=O)NCC(=O)NC(CO)C(=O)O. The number of aromatic nitrogens is 1. The lowest BCUT2D eigenvalue weighted by Crippen LogP contribution is -2.54. The smallest absolute Gasteiger partial charge is 0.328 e. The van der Waals surface area contributed by atoms with Crippen molar-refractivity contribution < 1.29 is 29.4 Å². The van der Waals surface area contributed by atoms with Crippen molar-refractivity contribution in [3.63, 3.8) is 0 Å². The fourth-order valence-electron chi connectivity index (χ4n) is 3.34. The van der Waals surface area contributed by atoms with Gasteiger partial charge in [-0.2, -0.15) is 0 Å². The molecule has 1 aromatic carbocycles. The number of H-pyrrole nitrogens is 1. The number of fused-ring (bicyclic) bond motifs is 1. The van der Waals surface area contributed by atoms with Crippen LogP contribution in [0.1, 0.15) is 25.8 Å². The molecular weight excluding hydrogens is 430 g/mol. The average molecular weight is 462 g/mol. The van der Waals surface area contributed by atoms with Crippen LogP contribution in [-0.2, 0) is 25.6 Å². The number of nitrogens with two attached hydrogens (primary N) is 1. The number of carbonyl (C=O) groups is 4. The number of carbonyl (C=O) groups excluding carboxylic acids is 3. The fourth-order valence-corrected chi connectivity index (χ4v) is 3.34. The van der Waals surface area contributed by atoms with Gasteiger partial charge in [0.25, 0.3) is 0 Å². The molecule has 0 spiro atoms. The number of nitrogens with one attached hydrogen (secondary N) is 4. The number of rotatable bonds is 12. The number of hydrogen-bond acceptors (Lipinski definition) is 6. The van der Waals surface area contributed by atoms with Gasteiger partial charge in [-0.25, -0.2) is 4.79 Å². The molecule has 1 heterocycles. The van der Waals surface area contributed by atoms with Crippen molar-refractivity contribution in [1.82, 2.24) is 20.9 Å². The molecule has 3 amide bonds. The molecule has 0 aliphatic carbocycles. The Kier molecular flexibility index (Phi) is 9.37. The number of aromatic amines is 1. The minimum atomic E-state index is -1.48. The van der Waals surface area contributed by atoms with Crippen LogP contribution in [0.4, 0.5) is 0 Å². The molecule has 2 aromatic rings. The first kappa shape index (κ1) is 25.8. The summed E-state index contributed by atoms with van der Waals surface area (Å²) in [5.41, 5.74) is 7.62. The zero-order chi connectivity index (χ0) is 24.5. The Hall–Kier alpha value is -3.44. The van der Waals surface area contributed by atoms with E-state index in [1.807, 2.05) is 38.1 Å². The summed E-state index contributed by atoms with van der Waals surface area (Å²) in [4.78, 5) is 51.5. The van der Waals surface area contributed by atoms with Crippen molar-refractivity contribution in [1.29, 1.82) is 0 Å². The lowest BCUT2D eigenvalue weighted by atomic mass is 10.0. The summed E-state index contributed by atoms with van der Waals surface area (Å²) in [6.07, 6.45) is 2.33. The monoisotopic (exact) mass is 461 g/mol. The highest BCUT2D eigenvalue weighted by Crippen LogP contribution is 2.19. The maximum absolute atomic E-state index is 12.9. The molecule has 0 aliphatic heterocycles. The minimum absolute atomic E-state index is 0.145. The second kappa shape index (κ2) is 12.0. The Bertz CT molecular complexity index is 989. The molecule has 0 saturated heterocycles. The van der Waals surface area contributed by atoms with Gasteiger partial charge in [0.15, 0.2) is 0 Å². The van der Waals surface area contributed by atoms with E-state index in [-0.39, 0.29) is 12.3 Å². The molecule has 33 heavy (non-hydrogen) atoms. The predicted molar refractivity (Wildman–Crippen MR) is 121 cm³/mol. The highest BCUT2D eigenvalue weighted by atomic mass is 16.4. The third-order valence-corrected chi connectivity index (χ3v) is 5.03. The Balaban J connectivity index is 2.12. The van der Waals surface area contributed by atoms with Crippen LogP contribution in [0.2, 0.25) is 0 Å². The highest BCUT2D eigenvalue weighted by molar-refractivity contribution is 5.93. The molecule has 2 rings (SSSR count). The summed E-state index contributed by atoms with van der Waals surface area (Å²) in [7, 11) is 0. The van der Waals surface area contributed by atoms with Crippen LogP contribution in [0.25, 0.3) is 10.9 Å². The maximum Gasteiger partial charge on any atom is 0.328 e. The zero-order valence-corrected chi connectivity index (χ0v) is 18.6. The van der Waals surface area contributed by atoms with Gasteiger partial charge in [-0.05, 0) is 24.0 Å². The van der Waals surface area contributed by atoms with Crippen LogP contribution in [0.5, 0.6) is 0 Å². The first-order valence-corrected chi connectivity index (χ1v) is 10.6. The van der Waals surface area contributed by atoms with Crippen LogP contribution in [0, 0.1) is 5.92 Å². The number of para-hydroxylation sites is 1. The van der Waals surface area contributed by atoms with Crippen molar-refractivity contribution in [2.24, 2.45) is 11.7 Å². The van der Waals surface area contributed by atoms with E-state index in [4.69, 9.17) is 15.9 Å². The molecule has 0 radical (unpaired) electrons. The third-order valence-electron chi connectivity index (χ3n) is 5.03. The minimum Gasteiger partial charge on any atom is -0.480 e. The average Bonchev–Trinajstić information content (AvgIpc) is 3.17. The topological polar surface area (TPSA) is 187 Å². The Labute approximate surface area is 191 Å². The third kappa shape index (κ3) is 7.58. The normalized spacial score (nSPS) is 13.8. The zero-order valence-electron chi connectivity index (χ0n) is 18.6. The molecular formula is C22H31N5O6. The number of hydrogen-bond donors (Lipinski definition) is 7. The van der Waals surface area contributed by atoms with Gasteiger partial charge in [0.05, 0.1) is 19.2 Å². The summed E-state index contributed by atoms with van der Waals surface area (Å²) in [6.45, 7) is 2.54. The van der Waals surface area contributed by atoms with Crippen molar-refractivity contribution in [3.05, 3.63) is 36.0 Å². The molecule has 0 aliphatic rings. The predicted octanol–water partition coefficient (Wildman–Crippen LogP) is -0.753. The Morgan fingerprint density at radius 3 is 2.39 bits per heavy atom. The van der Waals surface area contributed by atoms with Gasteiger partial charge in [0, 0.05) is 23.5 Å². The van der Waals surface area contributed by atoms with Gasteiger partial charge in [-0.15, -0.1) is 0 Å². The van der Waals surface area contributed by atoms with Gasteiger partial charge in [-0.3, -0.25) is 14.4 Å². The number of amides is 3. The van der Waals surface area contributed by atoms with Crippen molar-refractivity contribution >= 4 is 34.6 Å². The van der Waals surface area contributed by atoms with E-state index in [0.717, 1.165) is 16.5 Å². The molecule has 3 unspecified atom stereocenters. The van der Waals surface area contributed by atoms with Crippen molar-refractivity contribution in [2.75, 3.05) is 13.2 Å². The molecule has 11 heteroatoms. The molecule has 0 saturated carbocycles. The Morgan fingerprint density at radius 2 is 1.76 bits per heavy atom. The molecule has 3 atom stereocenters. The van der Waals surface area contributed by atoms with Gasteiger partial charge < -0.3 is 36.9 Å². The number of carboxylic acids is 1. The van der Waals surface area contributed by atoms with Crippen LogP contribution in [0.3, 0.4) is 0 Å². The summed E-state index contributed by atoms with van der Waals surface area (Å²) in [5, 5.41) is 26.0. The fraction of sp³-hybridized carbons (Fsp3) is 0.455. The molecule has 8 N–H and O–H groups in total. The van der Waals surface area contributed by atoms with E-state index >= 15 is 0 Å². The van der Waals surface area contributed by atoms with Gasteiger partial charge in [0.2, 0.25) is 17.7 Å². The van der Waals surface area contributed by atoms with E-state index in [9.17, 15) is 19.2 Å². The van der Waals surface area contributed by atoms with E-state index in [1.165, 1.54) is 0 Å². The van der Waals surface area contributed by atoms with Gasteiger partial charge in [0.1, 0.15) is 12.1 Å². The standard InChI is InChI=1S/C22H31N5O6/c1-12(2)7-15(23)20(30)27-17(8-13-9-24-16-6-4-3-5-14(13)16)21(31)25-10-19(29)26-18(11-28)22(32)33/h3-6,9,12,15,17-18,24,28H,7-8,10-11,23H2,1-2H3,(H,25,31)(H,26,29)(H,27,30)(H,32,33). The summed E-state index contributed by atoms with van der Waals surface area (Å²) < 4.78 is 0. The number of aliphatic hydroxyl groups is 1. The first-order chi connectivity index (χ1) is 15.6. The number of benzene rings is 1. The van der Waals surface area contributed by atoms with E-state index < -0.39 is 55.0 Å². The van der Waals surface area contributed by atoms with E-state index in [0.29, 0.717) is 6.42 Å². The lowest BCUT2D eigenvalue weighted by Gasteiger charge is -2.21. The number of aliphatic carboxylic acids is 1. The number of carboxylic acid groups (broad SMARTS) is 1. The summed E-state index contributed by atoms with van der Waals surface area (Å²) in [5.74, 6) is -3.13. The van der Waals surface area contributed by atoms with Gasteiger partial charge in [-0.1, -0.05) is 32.0 Å². The van der Waals surface area contributed by atoms with Crippen LogP contribution >= 0.6 is 0 Å². The lowest BCUT2D eigenvalue weighted by molar-refractivity contribution is -0.142. The van der Waals surface area contributed by atoms with E-state index in [1.54, 1.807) is 6.20 Å². The summed E-state index contributed by atoms with van der Waals surface area (Å²) >= 11 is 0.